The second-order valence-corrected chi connectivity index (χ2v) is 5.16. The Hall–Kier alpha value is -0.860. The molecular formula is C14H19NO. The van der Waals surface area contributed by atoms with Crippen molar-refractivity contribution >= 4 is 0 Å². The lowest BCUT2D eigenvalue weighted by Gasteiger charge is -2.37. The third-order valence-corrected chi connectivity index (χ3v) is 3.92. The second kappa shape index (κ2) is 4.19. The summed E-state index contributed by atoms with van der Waals surface area (Å²) in [7, 11) is 0. The molecule has 2 unspecified atom stereocenters. The van der Waals surface area contributed by atoms with Crippen LogP contribution in [-0.4, -0.2) is 35.7 Å². The van der Waals surface area contributed by atoms with Crippen LogP contribution >= 0.6 is 0 Å². The van der Waals surface area contributed by atoms with Gasteiger partial charge in [0.25, 0.3) is 0 Å². The van der Waals surface area contributed by atoms with Crippen molar-refractivity contribution < 1.29 is 5.11 Å². The minimum Gasteiger partial charge on any atom is -0.392 e. The third-order valence-electron chi connectivity index (χ3n) is 3.92. The van der Waals surface area contributed by atoms with E-state index < -0.39 is 0 Å². The maximum absolute atomic E-state index is 9.64. The van der Waals surface area contributed by atoms with Crippen molar-refractivity contribution in [2.75, 3.05) is 19.6 Å². The van der Waals surface area contributed by atoms with Crippen molar-refractivity contribution in [3.8, 4) is 0 Å². The Morgan fingerprint density at radius 2 is 2.19 bits per heavy atom. The number of fused-ring (bicyclic) bond motifs is 1. The minimum atomic E-state index is -0.0935. The van der Waals surface area contributed by atoms with Gasteiger partial charge < -0.3 is 10.0 Å². The predicted octanol–water partition coefficient (Wildman–Crippen LogP) is 1.78. The number of aliphatic hydroxyl groups is 1. The van der Waals surface area contributed by atoms with E-state index >= 15 is 0 Å². The topological polar surface area (TPSA) is 23.5 Å². The van der Waals surface area contributed by atoms with Crippen LogP contribution in [0.3, 0.4) is 0 Å². The predicted molar refractivity (Wildman–Crippen MR) is 64.6 cm³/mol. The van der Waals surface area contributed by atoms with Crippen molar-refractivity contribution in [3.05, 3.63) is 35.4 Å². The first-order valence-corrected chi connectivity index (χ1v) is 6.31. The SMILES string of the molecule is OC1CCCN(CC2Cc3ccccc32)C1. The lowest BCUT2D eigenvalue weighted by molar-refractivity contribution is 0.0661. The molecule has 2 aliphatic rings. The molecule has 2 heteroatoms. The molecule has 86 valence electrons. The number of nitrogens with zero attached hydrogens (tertiary/aromatic N) is 1. The molecule has 0 aromatic heterocycles. The molecule has 1 aromatic carbocycles. The molecule has 1 aromatic rings. The van der Waals surface area contributed by atoms with E-state index in [4.69, 9.17) is 0 Å². The van der Waals surface area contributed by atoms with Gasteiger partial charge in [-0.1, -0.05) is 24.3 Å². The average molecular weight is 217 g/mol. The number of hydrogen-bond donors (Lipinski definition) is 1. The summed E-state index contributed by atoms with van der Waals surface area (Å²) in [6.07, 6.45) is 3.26. The smallest absolute Gasteiger partial charge is 0.0667 e. The van der Waals surface area contributed by atoms with Crippen molar-refractivity contribution in [2.45, 2.75) is 31.3 Å². The van der Waals surface area contributed by atoms with Gasteiger partial charge in [-0.15, -0.1) is 0 Å². The van der Waals surface area contributed by atoms with Crippen molar-refractivity contribution in [3.63, 3.8) is 0 Å². The molecule has 16 heavy (non-hydrogen) atoms. The number of benzene rings is 1. The highest BCUT2D eigenvalue weighted by Crippen LogP contribution is 2.35. The molecule has 2 nitrogen and oxygen atoms in total. The molecule has 1 heterocycles. The van der Waals surface area contributed by atoms with Gasteiger partial charge in [-0.05, 0) is 36.9 Å². The largest absolute Gasteiger partial charge is 0.392 e. The number of hydrogen-bond acceptors (Lipinski definition) is 2. The summed E-state index contributed by atoms with van der Waals surface area (Å²) in [6, 6.07) is 8.75. The fraction of sp³-hybridized carbons (Fsp3) is 0.571. The van der Waals surface area contributed by atoms with Gasteiger partial charge in [0, 0.05) is 19.0 Å². The highest BCUT2D eigenvalue weighted by atomic mass is 16.3. The third kappa shape index (κ3) is 1.87. The second-order valence-electron chi connectivity index (χ2n) is 5.16. The molecule has 1 N–H and O–H groups in total. The Morgan fingerprint density at radius 1 is 1.31 bits per heavy atom. The number of piperidine rings is 1. The van der Waals surface area contributed by atoms with Gasteiger partial charge >= 0.3 is 0 Å². The summed E-state index contributed by atoms with van der Waals surface area (Å²) in [5.74, 6) is 0.710. The number of aliphatic hydroxyl groups excluding tert-OH is 1. The molecule has 1 fully saturated rings. The van der Waals surface area contributed by atoms with E-state index in [1.165, 1.54) is 17.5 Å². The van der Waals surface area contributed by atoms with Crippen molar-refractivity contribution in [1.82, 2.24) is 4.90 Å². The molecule has 3 rings (SSSR count). The molecule has 1 aliphatic heterocycles. The van der Waals surface area contributed by atoms with Crippen molar-refractivity contribution in [1.29, 1.82) is 0 Å². The van der Waals surface area contributed by atoms with E-state index in [2.05, 4.69) is 29.2 Å². The van der Waals surface area contributed by atoms with Gasteiger partial charge in [-0.3, -0.25) is 0 Å². The fourth-order valence-electron chi connectivity index (χ4n) is 3.03. The van der Waals surface area contributed by atoms with Crippen LogP contribution in [0, 0.1) is 0 Å². The summed E-state index contributed by atoms with van der Waals surface area (Å²) in [4.78, 5) is 2.43. The van der Waals surface area contributed by atoms with E-state index in [0.717, 1.165) is 32.5 Å². The molecular weight excluding hydrogens is 198 g/mol. The first-order valence-electron chi connectivity index (χ1n) is 6.31. The lowest BCUT2D eigenvalue weighted by atomic mass is 9.77. The van der Waals surface area contributed by atoms with Gasteiger partial charge in [-0.25, -0.2) is 0 Å². The van der Waals surface area contributed by atoms with Crippen LogP contribution in [-0.2, 0) is 6.42 Å². The molecule has 1 saturated heterocycles. The van der Waals surface area contributed by atoms with Crippen LogP contribution in [0.15, 0.2) is 24.3 Å². The van der Waals surface area contributed by atoms with Crippen LogP contribution in [0.5, 0.6) is 0 Å². The van der Waals surface area contributed by atoms with E-state index in [1.807, 2.05) is 0 Å². The zero-order valence-corrected chi connectivity index (χ0v) is 9.60. The van der Waals surface area contributed by atoms with Gasteiger partial charge in [0.15, 0.2) is 0 Å². The number of β-amino-alcohol motifs (C(OH)–C–C–N with tert-alkyl or cyclic N) is 1. The quantitative estimate of drug-likeness (QED) is 0.816. The molecule has 1 aliphatic carbocycles. The van der Waals surface area contributed by atoms with Gasteiger partial charge in [0.1, 0.15) is 0 Å². The Morgan fingerprint density at radius 3 is 3.00 bits per heavy atom. The highest BCUT2D eigenvalue weighted by Gasteiger charge is 2.28. The molecule has 0 spiro atoms. The normalized spacial score (nSPS) is 29.6. The summed E-state index contributed by atoms with van der Waals surface area (Å²) in [6.45, 7) is 3.17. The first kappa shape index (κ1) is 10.3. The maximum atomic E-state index is 9.64. The van der Waals surface area contributed by atoms with Crippen LogP contribution in [0.1, 0.15) is 29.9 Å². The van der Waals surface area contributed by atoms with E-state index in [-0.39, 0.29) is 6.10 Å². The first-order chi connectivity index (χ1) is 7.83. The average Bonchev–Trinajstić information content (AvgIpc) is 2.26. The lowest BCUT2D eigenvalue weighted by Crippen LogP contribution is -2.42. The minimum absolute atomic E-state index is 0.0935. The molecule has 0 amide bonds. The van der Waals surface area contributed by atoms with E-state index in [1.54, 1.807) is 0 Å². The zero-order chi connectivity index (χ0) is 11.0. The van der Waals surface area contributed by atoms with Crippen molar-refractivity contribution in [2.24, 2.45) is 0 Å². The summed E-state index contributed by atoms with van der Waals surface area (Å²) < 4.78 is 0. The van der Waals surface area contributed by atoms with Gasteiger partial charge in [0.05, 0.1) is 6.10 Å². The monoisotopic (exact) mass is 217 g/mol. The summed E-state index contributed by atoms with van der Waals surface area (Å²) in [5, 5.41) is 9.64. The summed E-state index contributed by atoms with van der Waals surface area (Å²) in [5.41, 5.74) is 3.05. The molecule has 0 bridgehead atoms. The fourth-order valence-corrected chi connectivity index (χ4v) is 3.03. The van der Waals surface area contributed by atoms with Crippen LogP contribution in [0.2, 0.25) is 0 Å². The van der Waals surface area contributed by atoms with Crippen LogP contribution < -0.4 is 0 Å². The van der Waals surface area contributed by atoms with E-state index in [9.17, 15) is 5.11 Å². The van der Waals surface area contributed by atoms with E-state index in [0.29, 0.717) is 5.92 Å². The molecule has 0 saturated carbocycles. The van der Waals surface area contributed by atoms with Crippen LogP contribution in [0.4, 0.5) is 0 Å². The molecule has 0 radical (unpaired) electrons. The Bertz CT molecular complexity index is 377. The Kier molecular flexibility index (Phi) is 2.70. The number of rotatable bonds is 2. The van der Waals surface area contributed by atoms with Crippen LogP contribution in [0.25, 0.3) is 0 Å². The number of likely N-dealkylation sites (tertiary alicyclic amines) is 1. The zero-order valence-electron chi connectivity index (χ0n) is 9.60. The summed E-state index contributed by atoms with van der Waals surface area (Å²) >= 11 is 0. The highest BCUT2D eigenvalue weighted by molar-refractivity contribution is 5.40. The Labute approximate surface area is 96.9 Å². The maximum Gasteiger partial charge on any atom is 0.0667 e. The Balaban J connectivity index is 1.61. The molecule has 2 atom stereocenters. The van der Waals surface area contributed by atoms with Gasteiger partial charge in [-0.2, -0.15) is 0 Å². The van der Waals surface area contributed by atoms with Gasteiger partial charge in [0.2, 0.25) is 0 Å². The standard InChI is InChI=1S/C14H19NO/c16-13-5-3-7-15(10-13)9-12-8-11-4-1-2-6-14(11)12/h1-2,4,6,12-13,16H,3,5,7-10H2.